The molecule has 2 amide bonds. The molecule has 3 N–H and O–H groups in total. The first-order valence-electron chi connectivity index (χ1n) is 6.77. The molecule has 21 heavy (non-hydrogen) atoms. The molecule has 0 fully saturated rings. The summed E-state index contributed by atoms with van der Waals surface area (Å²) in [4.78, 5) is 29.6. The summed E-state index contributed by atoms with van der Waals surface area (Å²) in [7, 11) is 1.54. The normalized spacial score (nSPS) is 9.48. The number of hydrogen-bond donors (Lipinski definition) is 2. The van der Waals surface area contributed by atoms with Crippen molar-refractivity contribution in [3.05, 3.63) is 29.6 Å². The zero-order valence-corrected chi connectivity index (χ0v) is 12.3. The van der Waals surface area contributed by atoms with Gasteiger partial charge in [0.1, 0.15) is 5.69 Å². The number of pyridine rings is 1. The molecule has 0 saturated heterocycles. The number of carbonyl (C=O) groups is 2. The van der Waals surface area contributed by atoms with Gasteiger partial charge in [0, 0.05) is 19.8 Å². The van der Waals surface area contributed by atoms with Crippen molar-refractivity contribution in [2.75, 3.05) is 26.7 Å². The molecule has 1 aromatic heterocycles. The summed E-state index contributed by atoms with van der Waals surface area (Å²) in [6.07, 6.45) is 2.28. The van der Waals surface area contributed by atoms with E-state index in [1.54, 1.807) is 12.1 Å². The van der Waals surface area contributed by atoms with Gasteiger partial charge in [-0.05, 0) is 18.6 Å². The first-order chi connectivity index (χ1) is 10.1. The third-order valence-electron chi connectivity index (χ3n) is 2.73. The molecule has 0 aliphatic rings. The molecule has 6 nitrogen and oxygen atoms in total. The standard InChI is InChI=1S/C15H20N4O2/c1-3-10-19(11-13(20)17-2)15(21)14-12(6-4-8-16)7-5-9-18-14/h5,7,9H,3,8,10-11,16H2,1-2H3,(H,17,20). The number of amides is 2. The lowest BCUT2D eigenvalue weighted by Gasteiger charge is -2.21. The molecule has 0 unspecified atom stereocenters. The molecule has 0 aliphatic heterocycles. The number of hydrogen-bond acceptors (Lipinski definition) is 4. The lowest BCUT2D eigenvalue weighted by Crippen LogP contribution is -2.40. The second-order valence-corrected chi connectivity index (χ2v) is 4.31. The fraction of sp³-hybridized carbons (Fsp3) is 0.400. The maximum Gasteiger partial charge on any atom is 0.274 e. The Hall–Kier alpha value is -2.39. The molecule has 0 spiro atoms. The highest BCUT2D eigenvalue weighted by Gasteiger charge is 2.20. The van der Waals surface area contributed by atoms with Crippen LogP contribution in [0.2, 0.25) is 0 Å². The number of rotatable bonds is 5. The van der Waals surface area contributed by atoms with Gasteiger partial charge in [-0.15, -0.1) is 0 Å². The smallest absolute Gasteiger partial charge is 0.274 e. The molecule has 0 atom stereocenters. The van der Waals surface area contributed by atoms with Crippen LogP contribution in [0, 0.1) is 11.8 Å². The van der Waals surface area contributed by atoms with Crippen LogP contribution in [-0.4, -0.2) is 48.4 Å². The van der Waals surface area contributed by atoms with Gasteiger partial charge in [-0.1, -0.05) is 18.8 Å². The van der Waals surface area contributed by atoms with E-state index in [0.717, 1.165) is 6.42 Å². The third kappa shape index (κ3) is 4.89. The highest BCUT2D eigenvalue weighted by atomic mass is 16.2. The summed E-state index contributed by atoms with van der Waals surface area (Å²) in [6.45, 7) is 2.63. The molecule has 6 heteroatoms. The first-order valence-corrected chi connectivity index (χ1v) is 6.77. The molecular formula is C15H20N4O2. The average molecular weight is 288 g/mol. The van der Waals surface area contributed by atoms with Gasteiger partial charge in [-0.25, -0.2) is 4.98 Å². The fourth-order valence-corrected chi connectivity index (χ4v) is 1.75. The predicted molar refractivity (Wildman–Crippen MR) is 80.4 cm³/mol. The molecule has 0 aromatic carbocycles. The predicted octanol–water partition coefficient (Wildman–Crippen LogP) is -0.01000. The Kier molecular flexibility index (Phi) is 6.92. The van der Waals surface area contributed by atoms with Crippen LogP contribution in [0.25, 0.3) is 0 Å². The van der Waals surface area contributed by atoms with E-state index in [1.807, 2.05) is 6.92 Å². The van der Waals surface area contributed by atoms with Crippen LogP contribution in [0.5, 0.6) is 0 Å². The van der Waals surface area contributed by atoms with Crippen LogP contribution >= 0.6 is 0 Å². The lowest BCUT2D eigenvalue weighted by atomic mass is 10.1. The van der Waals surface area contributed by atoms with Gasteiger partial charge in [0.15, 0.2) is 0 Å². The molecule has 0 bridgehead atoms. The second-order valence-electron chi connectivity index (χ2n) is 4.31. The quantitative estimate of drug-likeness (QED) is 0.746. The maximum absolute atomic E-state index is 12.6. The topological polar surface area (TPSA) is 88.3 Å². The highest BCUT2D eigenvalue weighted by Crippen LogP contribution is 2.08. The Balaban J connectivity index is 3.05. The van der Waals surface area contributed by atoms with Gasteiger partial charge in [-0.3, -0.25) is 9.59 Å². The van der Waals surface area contributed by atoms with Gasteiger partial charge in [-0.2, -0.15) is 0 Å². The Morgan fingerprint density at radius 1 is 1.48 bits per heavy atom. The summed E-state index contributed by atoms with van der Waals surface area (Å²) < 4.78 is 0. The van der Waals surface area contributed by atoms with Gasteiger partial charge in [0.25, 0.3) is 5.91 Å². The van der Waals surface area contributed by atoms with E-state index >= 15 is 0 Å². The van der Waals surface area contributed by atoms with E-state index in [0.29, 0.717) is 12.1 Å². The van der Waals surface area contributed by atoms with Crippen LogP contribution in [0.1, 0.15) is 29.4 Å². The number of nitrogens with zero attached hydrogens (tertiary/aromatic N) is 2. The summed E-state index contributed by atoms with van der Waals surface area (Å²) in [5.41, 5.74) is 6.12. The van der Waals surface area contributed by atoms with Crippen LogP contribution in [0.15, 0.2) is 18.3 Å². The molecule has 0 aliphatic carbocycles. The average Bonchev–Trinajstić information content (AvgIpc) is 2.51. The Morgan fingerprint density at radius 2 is 2.24 bits per heavy atom. The zero-order valence-electron chi connectivity index (χ0n) is 12.3. The van der Waals surface area contributed by atoms with Crippen molar-refractivity contribution in [3.63, 3.8) is 0 Å². The SMILES string of the molecule is CCCN(CC(=O)NC)C(=O)c1ncccc1C#CCN. The van der Waals surface area contributed by atoms with Crippen molar-refractivity contribution in [2.45, 2.75) is 13.3 Å². The summed E-state index contributed by atoms with van der Waals surface area (Å²) in [5, 5.41) is 2.51. The molecule has 1 aromatic rings. The van der Waals surface area contributed by atoms with Crippen molar-refractivity contribution in [1.29, 1.82) is 0 Å². The minimum atomic E-state index is -0.303. The number of nitrogens with two attached hydrogens (primary N) is 1. The second kappa shape index (κ2) is 8.72. The van der Waals surface area contributed by atoms with Crippen molar-refractivity contribution >= 4 is 11.8 Å². The molecule has 112 valence electrons. The first kappa shape index (κ1) is 16.7. The van der Waals surface area contributed by atoms with Crippen molar-refractivity contribution < 1.29 is 9.59 Å². The molecule has 0 radical (unpaired) electrons. The lowest BCUT2D eigenvalue weighted by molar-refractivity contribution is -0.121. The molecule has 0 saturated carbocycles. The largest absolute Gasteiger partial charge is 0.358 e. The van der Waals surface area contributed by atoms with Gasteiger partial charge >= 0.3 is 0 Å². The summed E-state index contributed by atoms with van der Waals surface area (Å²) in [5.74, 6) is 5.02. The number of carbonyl (C=O) groups excluding carboxylic acids is 2. The van der Waals surface area contributed by atoms with Crippen LogP contribution in [0.3, 0.4) is 0 Å². The number of aromatic nitrogens is 1. The molecule has 1 heterocycles. The zero-order chi connectivity index (χ0) is 15.7. The van der Waals surface area contributed by atoms with Crippen LogP contribution in [-0.2, 0) is 4.79 Å². The maximum atomic E-state index is 12.6. The van der Waals surface area contributed by atoms with Crippen molar-refractivity contribution in [2.24, 2.45) is 5.73 Å². The molecule has 1 rings (SSSR count). The van der Waals surface area contributed by atoms with Crippen molar-refractivity contribution in [1.82, 2.24) is 15.2 Å². The van der Waals surface area contributed by atoms with E-state index in [2.05, 4.69) is 22.1 Å². The minimum absolute atomic E-state index is 0.00348. The highest BCUT2D eigenvalue weighted by molar-refractivity contribution is 5.96. The van der Waals surface area contributed by atoms with E-state index in [9.17, 15) is 9.59 Å². The summed E-state index contributed by atoms with van der Waals surface area (Å²) in [6, 6.07) is 3.42. The van der Waals surface area contributed by atoms with Gasteiger partial charge in [0.05, 0.1) is 18.7 Å². The van der Waals surface area contributed by atoms with E-state index in [-0.39, 0.29) is 30.6 Å². The van der Waals surface area contributed by atoms with Crippen molar-refractivity contribution in [3.8, 4) is 11.8 Å². The Labute approximate surface area is 124 Å². The Morgan fingerprint density at radius 3 is 2.86 bits per heavy atom. The Bertz CT molecular complexity index is 560. The fourth-order valence-electron chi connectivity index (χ4n) is 1.75. The minimum Gasteiger partial charge on any atom is -0.358 e. The number of nitrogens with one attached hydrogen (secondary N) is 1. The van der Waals surface area contributed by atoms with E-state index < -0.39 is 0 Å². The van der Waals surface area contributed by atoms with Crippen LogP contribution < -0.4 is 11.1 Å². The van der Waals surface area contributed by atoms with Gasteiger partial charge < -0.3 is 16.0 Å². The van der Waals surface area contributed by atoms with E-state index in [1.165, 1.54) is 18.1 Å². The monoisotopic (exact) mass is 288 g/mol. The van der Waals surface area contributed by atoms with Crippen LogP contribution in [0.4, 0.5) is 0 Å². The molecular weight excluding hydrogens is 268 g/mol. The van der Waals surface area contributed by atoms with E-state index in [4.69, 9.17) is 5.73 Å². The summed E-state index contributed by atoms with van der Waals surface area (Å²) >= 11 is 0. The van der Waals surface area contributed by atoms with Gasteiger partial charge in [0.2, 0.25) is 5.91 Å². The third-order valence-corrected chi connectivity index (χ3v) is 2.73. The number of likely N-dealkylation sites (N-methyl/N-ethyl adjacent to an activating group) is 1.